The van der Waals surface area contributed by atoms with E-state index < -0.39 is 0 Å². The number of allylic oxidation sites excluding steroid dienone is 2. The lowest BCUT2D eigenvalue weighted by atomic mass is 10.3. The van der Waals surface area contributed by atoms with Gasteiger partial charge < -0.3 is 10.1 Å². The summed E-state index contributed by atoms with van der Waals surface area (Å²) in [4.78, 5) is 0. The van der Waals surface area contributed by atoms with Crippen molar-refractivity contribution in [3.05, 3.63) is 24.5 Å². The number of rotatable bonds is 3. The maximum absolute atomic E-state index is 5.16. The number of ether oxygens (including phenoxy) is 1. The second kappa shape index (κ2) is 4.06. The van der Waals surface area contributed by atoms with E-state index in [0.29, 0.717) is 6.54 Å². The average molecular weight is 154 g/mol. The summed E-state index contributed by atoms with van der Waals surface area (Å²) >= 11 is 4.46. The van der Waals surface area contributed by atoms with E-state index >= 15 is 0 Å². The third-order valence-corrected chi connectivity index (χ3v) is 1.29. The summed E-state index contributed by atoms with van der Waals surface area (Å²) in [6, 6.07) is 0. The zero-order valence-corrected chi connectivity index (χ0v) is 6.23. The van der Waals surface area contributed by atoms with Gasteiger partial charge in [0.15, 0.2) is 0 Å². The van der Waals surface area contributed by atoms with Gasteiger partial charge in [0.2, 0.25) is 0 Å². The van der Waals surface area contributed by atoms with Gasteiger partial charge in [0.25, 0.3) is 0 Å². The molecule has 0 aliphatic carbocycles. The molecule has 0 saturated carbocycles. The van der Waals surface area contributed by atoms with Crippen molar-refractivity contribution < 1.29 is 4.74 Å². The predicted molar refractivity (Wildman–Crippen MR) is 43.8 cm³/mol. The number of hydrogen-bond acceptors (Lipinski definition) is 2. The second-order valence-corrected chi connectivity index (χ2v) is 2.08. The summed E-state index contributed by atoms with van der Waals surface area (Å²) < 4.78 is 5.16. The molecule has 1 N–H and O–H groups in total. The van der Waals surface area contributed by atoms with Crippen molar-refractivity contribution in [1.82, 2.24) is 5.32 Å². The smallest absolute Gasteiger partial charge is 0.134 e. The molecule has 0 aromatic rings. The van der Waals surface area contributed by atoms with Crippen LogP contribution in [0.4, 0.5) is 0 Å². The highest BCUT2D eigenvalue weighted by Gasteiger charge is 2.02. The molecule has 1 radical (unpaired) electrons. The Hall–Kier alpha value is -0.830. The Bertz CT molecular complexity index is 165. The zero-order valence-electron chi connectivity index (χ0n) is 5.41. The van der Waals surface area contributed by atoms with Crippen LogP contribution in [-0.4, -0.2) is 18.1 Å². The van der Waals surface area contributed by atoms with Crippen molar-refractivity contribution in [2.24, 2.45) is 0 Å². The maximum atomic E-state index is 5.16. The summed E-state index contributed by atoms with van der Waals surface area (Å²) in [5, 5.41) is 2.77. The van der Waals surface area contributed by atoms with Crippen molar-refractivity contribution in [1.29, 1.82) is 0 Å². The molecule has 0 fully saturated rings. The lowest BCUT2D eigenvalue weighted by Crippen LogP contribution is -2.25. The molecule has 0 amide bonds. The second-order valence-electron chi connectivity index (χ2n) is 1.87. The molecule has 1 rings (SSSR count). The van der Waals surface area contributed by atoms with Crippen LogP contribution in [0.5, 0.6) is 0 Å². The molecule has 3 heteroatoms. The normalized spacial score (nSPS) is 21.8. The van der Waals surface area contributed by atoms with Gasteiger partial charge in [-0.05, 0) is 12.2 Å². The molecule has 0 aromatic carbocycles. The van der Waals surface area contributed by atoms with E-state index in [2.05, 4.69) is 23.0 Å². The highest BCUT2D eigenvalue weighted by Crippen LogP contribution is 1.99. The van der Waals surface area contributed by atoms with Crippen LogP contribution >= 0.6 is 12.2 Å². The van der Waals surface area contributed by atoms with Crippen LogP contribution in [0.3, 0.4) is 0 Å². The van der Waals surface area contributed by atoms with Crippen molar-refractivity contribution in [3.63, 3.8) is 0 Å². The van der Waals surface area contributed by atoms with E-state index in [0.717, 1.165) is 0 Å². The maximum Gasteiger partial charge on any atom is 0.134 e. The zero-order chi connectivity index (χ0) is 7.23. The Morgan fingerprint density at radius 1 is 1.60 bits per heavy atom. The Morgan fingerprint density at radius 2 is 2.50 bits per heavy atom. The SMILES string of the molecule is S=[C]NCC1C=CC=CO1. The standard InChI is InChI=1S/C7H8NOS/c10-6-8-5-7-3-1-2-4-9-7/h1-4,7H,5H2,(H,8,10). The molecular formula is C7H8NOS. The fourth-order valence-electron chi connectivity index (χ4n) is 0.683. The van der Waals surface area contributed by atoms with Gasteiger partial charge in [-0.25, -0.2) is 0 Å². The average Bonchev–Trinajstić information content (AvgIpc) is 2.03. The number of nitrogens with one attached hydrogen (secondary N) is 1. The highest BCUT2D eigenvalue weighted by atomic mass is 32.1. The van der Waals surface area contributed by atoms with E-state index in [-0.39, 0.29) is 6.10 Å². The van der Waals surface area contributed by atoms with E-state index in [1.165, 1.54) is 0 Å². The molecule has 0 bridgehead atoms. The van der Waals surface area contributed by atoms with Crippen LogP contribution in [0.15, 0.2) is 24.5 Å². The molecule has 1 aliphatic heterocycles. The molecule has 53 valence electrons. The Labute approximate surface area is 65.6 Å². The fraction of sp³-hybridized carbons (Fsp3) is 0.286. The molecular weight excluding hydrogens is 146 g/mol. The molecule has 1 heterocycles. The van der Waals surface area contributed by atoms with Crippen LogP contribution in [0.2, 0.25) is 0 Å². The summed E-state index contributed by atoms with van der Waals surface area (Å²) in [6.07, 6.45) is 7.51. The molecule has 2 nitrogen and oxygen atoms in total. The van der Waals surface area contributed by atoms with Crippen molar-refractivity contribution in [3.8, 4) is 0 Å². The summed E-state index contributed by atoms with van der Waals surface area (Å²) in [6.45, 7) is 0.685. The summed E-state index contributed by atoms with van der Waals surface area (Å²) in [5.41, 5.74) is 2.41. The quantitative estimate of drug-likeness (QED) is 0.481. The van der Waals surface area contributed by atoms with Crippen molar-refractivity contribution in [2.75, 3.05) is 6.54 Å². The molecule has 0 aromatic heterocycles. The van der Waals surface area contributed by atoms with Crippen LogP contribution < -0.4 is 5.32 Å². The minimum atomic E-state index is 0.0976. The van der Waals surface area contributed by atoms with E-state index in [1.54, 1.807) is 6.26 Å². The third kappa shape index (κ3) is 2.19. The summed E-state index contributed by atoms with van der Waals surface area (Å²) in [7, 11) is 0. The van der Waals surface area contributed by atoms with Crippen LogP contribution in [0.1, 0.15) is 0 Å². The van der Waals surface area contributed by atoms with Crippen molar-refractivity contribution in [2.45, 2.75) is 6.10 Å². The van der Waals surface area contributed by atoms with Crippen LogP contribution in [0, 0.1) is 0 Å². The Kier molecular flexibility index (Phi) is 2.96. The first-order valence-electron chi connectivity index (χ1n) is 3.02. The largest absolute Gasteiger partial charge is 0.492 e. The van der Waals surface area contributed by atoms with Gasteiger partial charge in [0.05, 0.1) is 12.8 Å². The molecule has 1 aliphatic rings. The lowest BCUT2D eigenvalue weighted by molar-refractivity contribution is 0.186. The van der Waals surface area contributed by atoms with Gasteiger partial charge >= 0.3 is 0 Å². The summed E-state index contributed by atoms with van der Waals surface area (Å²) in [5.74, 6) is 0. The Morgan fingerprint density at radius 3 is 3.10 bits per heavy atom. The minimum Gasteiger partial charge on any atom is -0.492 e. The topological polar surface area (TPSA) is 21.3 Å². The predicted octanol–water partition coefficient (Wildman–Crippen LogP) is 0.879. The number of thiocarbonyl (C=S) groups is 1. The van der Waals surface area contributed by atoms with Crippen LogP contribution in [0.25, 0.3) is 0 Å². The van der Waals surface area contributed by atoms with Gasteiger partial charge in [-0.3, -0.25) is 0 Å². The van der Waals surface area contributed by atoms with Crippen LogP contribution in [-0.2, 0) is 4.74 Å². The lowest BCUT2D eigenvalue weighted by Gasteiger charge is -2.13. The number of hydrogen-bond donors (Lipinski definition) is 1. The molecule has 0 saturated heterocycles. The van der Waals surface area contributed by atoms with E-state index in [4.69, 9.17) is 4.74 Å². The van der Waals surface area contributed by atoms with Crippen molar-refractivity contribution >= 4 is 17.7 Å². The first kappa shape index (κ1) is 7.28. The monoisotopic (exact) mass is 154 g/mol. The van der Waals surface area contributed by atoms with E-state index in [1.807, 2.05) is 18.2 Å². The molecule has 1 atom stereocenters. The Balaban J connectivity index is 2.23. The van der Waals surface area contributed by atoms with Gasteiger partial charge in [-0.1, -0.05) is 18.3 Å². The van der Waals surface area contributed by atoms with Gasteiger partial charge in [0.1, 0.15) is 11.6 Å². The van der Waals surface area contributed by atoms with Gasteiger partial charge in [-0.2, -0.15) is 0 Å². The first-order valence-corrected chi connectivity index (χ1v) is 3.43. The van der Waals surface area contributed by atoms with Gasteiger partial charge in [-0.15, -0.1) is 0 Å². The van der Waals surface area contributed by atoms with Gasteiger partial charge in [0, 0.05) is 0 Å². The molecule has 1 unspecified atom stereocenters. The third-order valence-electron chi connectivity index (χ3n) is 1.14. The fourth-order valence-corrected chi connectivity index (χ4v) is 0.767. The minimum absolute atomic E-state index is 0.0976. The first-order chi connectivity index (χ1) is 4.93. The molecule has 10 heavy (non-hydrogen) atoms. The molecule has 0 spiro atoms. The highest BCUT2D eigenvalue weighted by molar-refractivity contribution is 7.78. The van der Waals surface area contributed by atoms with E-state index in [9.17, 15) is 0 Å².